The molecule has 1 aliphatic carbocycles. The number of carbonyl (C=O) groups is 3. The summed E-state index contributed by atoms with van der Waals surface area (Å²) in [6.45, 7) is 10.8. The molecule has 0 aromatic heterocycles. The van der Waals surface area contributed by atoms with E-state index >= 15 is 0 Å². The number of hydrogen-bond acceptors (Lipinski definition) is 5. The molecule has 1 unspecified atom stereocenters. The molecule has 25 heavy (non-hydrogen) atoms. The van der Waals surface area contributed by atoms with Gasteiger partial charge in [-0.2, -0.15) is 0 Å². The first-order chi connectivity index (χ1) is 11.4. The molecule has 140 valence electrons. The van der Waals surface area contributed by atoms with E-state index in [2.05, 4.69) is 0 Å². The lowest BCUT2D eigenvalue weighted by Gasteiger charge is -2.28. The molecule has 0 aromatic carbocycles. The Hall–Kier alpha value is -1.75. The molecule has 0 radical (unpaired) electrons. The highest BCUT2D eigenvalue weighted by molar-refractivity contribution is 6.26. The number of rotatable bonds is 8. The third-order valence-corrected chi connectivity index (χ3v) is 4.57. The quantitative estimate of drug-likeness (QED) is 0.517. The monoisotopic (exact) mass is 350 g/mol. The molecular formula is C20H30O5. The second-order valence-electron chi connectivity index (χ2n) is 7.80. The molecule has 0 heterocycles. The number of allylic oxidation sites excluding steroid dienone is 3. The maximum absolute atomic E-state index is 12.8. The van der Waals surface area contributed by atoms with E-state index in [9.17, 15) is 24.6 Å². The normalized spacial score (nSPS) is 23.6. The average molecular weight is 350 g/mol. The maximum atomic E-state index is 12.8. The summed E-state index contributed by atoms with van der Waals surface area (Å²) in [5, 5.41) is 21.5. The summed E-state index contributed by atoms with van der Waals surface area (Å²) < 4.78 is 0. The van der Waals surface area contributed by atoms with E-state index in [1.54, 1.807) is 19.9 Å². The van der Waals surface area contributed by atoms with Crippen LogP contribution in [0.5, 0.6) is 0 Å². The molecule has 0 amide bonds. The van der Waals surface area contributed by atoms with Crippen molar-refractivity contribution in [2.75, 3.05) is 0 Å². The van der Waals surface area contributed by atoms with Gasteiger partial charge in [0.1, 0.15) is 11.3 Å². The van der Waals surface area contributed by atoms with Gasteiger partial charge in [-0.05, 0) is 32.6 Å². The fourth-order valence-corrected chi connectivity index (χ4v) is 2.93. The standard InChI is InChI=1S/C20H30O5/c1-11(2)7-9-14-18(23)16(17(22)13(5)6)19(24)20(14,25)15(21)10-8-12(3)4/h7,12-14,24-25H,8-10H2,1-6H3/t14-,20?/m1/s1. The Labute approximate surface area is 149 Å². The van der Waals surface area contributed by atoms with Gasteiger partial charge in [0, 0.05) is 12.3 Å². The Kier molecular flexibility index (Phi) is 6.89. The van der Waals surface area contributed by atoms with E-state index in [1.807, 2.05) is 27.7 Å². The molecule has 0 spiro atoms. The molecule has 2 atom stereocenters. The lowest BCUT2D eigenvalue weighted by atomic mass is 9.80. The number of carbonyl (C=O) groups excluding carboxylic acids is 3. The van der Waals surface area contributed by atoms with Crippen LogP contribution in [0, 0.1) is 17.8 Å². The fourth-order valence-electron chi connectivity index (χ4n) is 2.93. The molecule has 5 nitrogen and oxygen atoms in total. The van der Waals surface area contributed by atoms with Gasteiger partial charge in [0.2, 0.25) is 0 Å². The molecule has 5 heteroatoms. The van der Waals surface area contributed by atoms with Crippen LogP contribution in [0.1, 0.15) is 60.8 Å². The van der Waals surface area contributed by atoms with Crippen molar-refractivity contribution < 1.29 is 24.6 Å². The van der Waals surface area contributed by atoms with Crippen molar-refractivity contribution in [1.82, 2.24) is 0 Å². The minimum absolute atomic E-state index is 0.0416. The predicted molar refractivity (Wildman–Crippen MR) is 96.1 cm³/mol. The molecule has 0 fully saturated rings. The number of Topliss-reactive ketones (excluding diaryl/α,β-unsaturated/α-hetero) is 3. The van der Waals surface area contributed by atoms with Crippen LogP contribution in [0.15, 0.2) is 23.0 Å². The third-order valence-electron chi connectivity index (χ3n) is 4.57. The largest absolute Gasteiger partial charge is 0.508 e. The van der Waals surface area contributed by atoms with Gasteiger partial charge < -0.3 is 10.2 Å². The molecule has 1 rings (SSSR count). The average Bonchev–Trinajstić information content (AvgIpc) is 2.69. The van der Waals surface area contributed by atoms with Gasteiger partial charge in [-0.15, -0.1) is 0 Å². The van der Waals surface area contributed by atoms with Crippen molar-refractivity contribution >= 4 is 17.3 Å². The number of aliphatic hydroxyl groups excluding tert-OH is 1. The van der Waals surface area contributed by atoms with Crippen molar-refractivity contribution in [1.29, 1.82) is 0 Å². The van der Waals surface area contributed by atoms with Gasteiger partial charge in [-0.3, -0.25) is 14.4 Å². The lowest BCUT2D eigenvalue weighted by Crippen LogP contribution is -2.46. The maximum Gasteiger partial charge on any atom is 0.191 e. The zero-order valence-electron chi connectivity index (χ0n) is 16.0. The summed E-state index contributed by atoms with van der Waals surface area (Å²) in [6, 6.07) is 0. The summed E-state index contributed by atoms with van der Waals surface area (Å²) in [5.74, 6) is -3.99. The predicted octanol–water partition coefficient (Wildman–Crippen LogP) is 3.32. The lowest BCUT2D eigenvalue weighted by molar-refractivity contribution is -0.145. The summed E-state index contributed by atoms with van der Waals surface area (Å²) in [4.78, 5) is 37.8. The minimum Gasteiger partial charge on any atom is -0.508 e. The van der Waals surface area contributed by atoms with Crippen molar-refractivity contribution in [2.45, 2.75) is 66.4 Å². The van der Waals surface area contributed by atoms with Crippen LogP contribution in [0.4, 0.5) is 0 Å². The Bertz CT molecular complexity index is 620. The van der Waals surface area contributed by atoms with Crippen molar-refractivity contribution in [3.05, 3.63) is 23.0 Å². The third kappa shape index (κ3) is 4.27. The molecule has 0 aliphatic heterocycles. The molecule has 1 aliphatic rings. The van der Waals surface area contributed by atoms with Crippen LogP contribution in [0.2, 0.25) is 0 Å². The van der Waals surface area contributed by atoms with Crippen LogP contribution in [0.25, 0.3) is 0 Å². The van der Waals surface area contributed by atoms with E-state index in [4.69, 9.17) is 0 Å². The molecule has 0 aromatic rings. The molecule has 0 saturated heterocycles. The van der Waals surface area contributed by atoms with Crippen LogP contribution < -0.4 is 0 Å². The summed E-state index contributed by atoms with van der Waals surface area (Å²) in [6.07, 6.45) is 2.41. The highest BCUT2D eigenvalue weighted by atomic mass is 16.3. The van der Waals surface area contributed by atoms with Gasteiger partial charge in [-0.25, -0.2) is 0 Å². The van der Waals surface area contributed by atoms with Crippen LogP contribution in [0.3, 0.4) is 0 Å². The Morgan fingerprint density at radius 2 is 1.76 bits per heavy atom. The molecule has 0 saturated carbocycles. The first-order valence-corrected chi connectivity index (χ1v) is 8.85. The van der Waals surface area contributed by atoms with Crippen molar-refractivity contribution in [2.24, 2.45) is 17.8 Å². The number of hydrogen-bond donors (Lipinski definition) is 2. The molecular weight excluding hydrogens is 320 g/mol. The van der Waals surface area contributed by atoms with Gasteiger partial charge in [-0.1, -0.05) is 39.3 Å². The van der Waals surface area contributed by atoms with Gasteiger partial charge in [0.25, 0.3) is 0 Å². The van der Waals surface area contributed by atoms with E-state index in [1.165, 1.54) is 0 Å². The smallest absolute Gasteiger partial charge is 0.191 e. The van der Waals surface area contributed by atoms with E-state index in [-0.39, 0.29) is 18.8 Å². The first kappa shape index (κ1) is 21.3. The van der Waals surface area contributed by atoms with Crippen LogP contribution in [-0.4, -0.2) is 33.2 Å². The van der Waals surface area contributed by atoms with Gasteiger partial charge >= 0.3 is 0 Å². The minimum atomic E-state index is -2.31. The second kappa shape index (κ2) is 8.09. The van der Waals surface area contributed by atoms with E-state index < -0.39 is 46.1 Å². The first-order valence-electron chi connectivity index (χ1n) is 8.85. The van der Waals surface area contributed by atoms with Crippen molar-refractivity contribution in [3.63, 3.8) is 0 Å². The van der Waals surface area contributed by atoms with Crippen LogP contribution >= 0.6 is 0 Å². The highest BCUT2D eigenvalue weighted by Gasteiger charge is 2.58. The summed E-state index contributed by atoms with van der Waals surface area (Å²) >= 11 is 0. The zero-order valence-corrected chi connectivity index (χ0v) is 16.0. The van der Waals surface area contributed by atoms with Crippen molar-refractivity contribution in [3.8, 4) is 0 Å². The summed E-state index contributed by atoms with van der Waals surface area (Å²) in [5.41, 5.74) is -1.80. The Balaban J connectivity index is 3.37. The topological polar surface area (TPSA) is 91.7 Å². The van der Waals surface area contributed by atoms with Gasteiger partial charge in [0.05, 0.1) is 5.92 Å². The van der Waals surface area contributed by atoms with Gasteiger partial charge in [0.15, 0.2) is 23.0 Å². The van der Waals surface area contributed by atoms with Crippen LogP contribution in [-0.2, 0) is 14.4 Å². The highest BCUT2D eigenvalue weighted by Crippen LogP contribution is 2.42. The summed E-state index contributed by atoms with van der Waals surface area (Å²) in [7, 11) is 0. The van der Waals surface area contributed by atoms with E-state index in [0.717, 1.165) is 5.57 Å². The molecule has 0 bridgehead atoms. The fraction of sp³-hybridized carbons (Fsp3) is 0.650. The molecule has 2 N–H and O–H groups in total. The number of ketones is 3. The Morgan fingerprint density at radius 3 is 2.20 bits per heavy atom. The Morgan fingerprint density at radius 1 is 1.20 bits per heavy atom. The zero-order chi connectivity index (χ0) is 19.5. The SMILES string of the molecule is CC(C)=CC[C@@H]1C(=O)C(C(=O)C(C)C)=C(O)C1(O)C(=O)CCC(C)C. The second-order valence-corrected chi connectivity index (χ2v) is 7.80. The van der Waals surface area contributed by atoms with E-state index in [0.29, 0.717) is 6.42 Å². The number of aliphatic hydroxyl groups is 2.